The number of benzene rings is 2. The molecular formula is C27H29FN6O8. The number of nitrogens with zero attached hydrogens (tertiary/aromatic N) is 3. The minimum Gasteiger partial charge on any atom is -0.481 e. The number of rotatable bonds is 15. The Balaban J connectivity index is 1.55. The van der Waals surface area contributed by atoms with Gasteiger partial charge in [0.1, 0.15) is 12.1 Å². The van der Waals surface area contributed by atoms with E-state index < -0.39 is 55.0 Å². The maximum Gasteiger partial charge on any atom is 0.326 e. The van der Waals surface area contributed by atoms with Gasteiger partial charge in [-0.2, -0.15) is 0 Å². The molecule has 0 saturated carbocycles. The van der Waals surface area contributed by atoms with Crippen LogP contribution in [0.4, 0.5) is 14.9 Å². The fraction of sp³-hybridized carbons (Fsp3) is 0.296. The number of carboxylic acids is 3. The third-order valence-corrected chi connectivity index (χ3v) is 6.01. The summed E-state index contributed by atoms with van der Waals surface area (Å²) in [4.78, 5) is 58.5. The lowest BCUT2D eigenvalue weighted by atomic mass is 10.1. The van der Waals surface area contributed by atoms with Gasteiger partial charge in [0.15, 0.2) is 0 Å². The van der Waals surface area contributed by atoms with Crippen molar-refractivity contribution >= 4 is 35.5 Å². The Labute approximate surface area is 238 Å². The van der Waals surface area contributed by atoms with Crippen LogP contribution in [0, 0.1) is 0 Å². The Morgan fingerprint density at radius 2 is 1.52 bits per heavy atom. The molecule has 3 rings (SSSR count). The number of nitrogens with one attached hydrogen (secondary N) is 3. The van der Waals surface area contributed by atoms with E-state index in [0.717, 1.165) is 0 Å². The number of carbonyl (C=O) groups excluding carboxylic acids is 2. The van der Waals surface area contributed by atoms with Crippen molar-refractivity contribution in [1.82, 2.24) is 25.6 Å². The van der Waals surface area contributed by atoms with Gasteiger partial charge in [-0.1, -0.05) is 17.3 Å². The van der Waals surface area contributed by atoms with Gasteiger partial charge < -0.3 is 31.3 Å². The molecule has 2 aromatic carbocycles. The quantitative estimate of drug-likeness (QED) is 0.153. The molecule has 0 aliphatic rings. The number of amides is 3. The monoisotopic (exact) mass is 584 g/mol. The predicted octanol–water partition coefficient (Wildman–Crippen LogP) is 2.03. The molecule has 1 heterocycles. The molecule has 14 nitrogen and oxygen atoms in total. The van der Waals surface area contributed by atoms with Gasteiger partial charge in [-0.15, -0.1) is 5.10 Å². The van der Waals surface area contributed by atoms with Gasteiger partial charge in [0.05, 0.1) is 24.3 Å². The van der Waals surface area contributed by atoms with Gasteiger partial charge in [0.25, 0.3) is 5.91 Å². The first kappa shape index (κ1) is 31.2. The molecule has 0 aliphatic heterocycles. The minimum atomic E-state index is -1.51. The molecular weight excluding hydrogens is 555 g/mol. The minimum absolute atomic E-state index is 0.150. The summed E-state index contributed by atoms with van der Waals surface area (Å²) in [6, 6.07) is 8.82. The predicted molar refractivity (Wildman–Crippen MR) is 145 cm³/mol. The maximum atomic E-state index is 12.7. The standard InChI is InChI=1S/C27H29FN6O8/c28-13-1-2-19-15-34(33-32-19)20-9-5-17(6-10-20)24(37)29-18-7-3-16(4-8-18)14-22(26(40)41)31-27(42)30-21(25(38)39)11-12-23(35)36/h3-10,15,21-22H,1-2,11-14H2,(H,29,37)(H,35,36)(H,38,39)(H,40,41)(H2,30,31,42)/t21?,22-/m0/s1. The molecule has 0 spiro atoms. The zero-order chi connectivity index (χ0) is 30.6. The van der Waals surface area contributed by atoms with E-state index in [4.69, 9.17) is 10.2 Å². The number of aryl methyl sites for hydroxylation is 1. The lowest BCUT2D eigenvalue weighted by Crippen LogP contribution is -2.51. The second-order valence-corrected chi connectivity index (χ2v) is 9.18. The molecule has 0 radical (unpaired) electrons. The van der Waals surface area contributed by atoms with E-state index in [1.807, 2.05) is 0 Å². The molecule has 0 bridgehead atoms. The average molecular weight is 585 g/mol. The normalized spacial score (nSPS) is 12.1. The molecule has 2 atom stereocenters. The van der Waals surface area contributed by atoms with E-state index in [-0.39, 0.29) is 12.8 Å². The zero-order valence-electron chi connectivity index (χ0n) is 22.2. The van der Waals surface area contributed by atoms with Crippen LogP contribution < -0.4 is 16.0 Å². The summed E-state index contributed by atoms with van der Waals surface area (Å²) >= 11 is 0. The van der Waals surface area contributed by atoms with Gasteiger partial charge in [-0.25, -0.2) is 19.1 Å². The van der Waals surface area contributed by atoms with Crippen molar-refractivity contribution in [2.24, 2.45) is 0 Å². The van der Waals surface area contributed by atoms with Crippen LogP contribution in [0.15, 0.2) is 54.7 Å². The van der Waals surface area contributed by atoms with Gasteiger partial charge in [-0.05, 0) is 61.2 Å². The molecule has 0 saturated heterocycles. The Hall–Kier alpha value is -5.34. The third-order valence-electron chi connectivity index (χ3n) is 6.01. The summed E-state index contributed by atoms with van der Waals surface area (Å²) < 4.78 is 13.9. The fourth-order valence-electron chi connectivity index (χ4n) is 3.80. The van der Waals surface area contributed by atoms with E-state index in [1.165, 1.54) is 4.68 Å². The van der Waals surface area contributed by atoms with Crippen molar-refractivity contribution in [3.63, 3.8) is 0 Å². The first-order valence-corrected chi connectivity index (χ1v) is 12.8. The first-order valence-electron chi connectivity index (χ1n) is 12.8. The first-order chi connectivity index (χ1) is 20.0. The number of aliphatic carboxylic acids is 3. The molecule has 0 aliphatic carbocycles. The van der Waals surface area contributed by atoms with Crippen LogP contribution in [-0.2, 0) is 27.2 Å². The van der Waals surface area contributed by atoms with Crippen LogP contribution >= 0.6 is 0 Å². The summed E-state index contributed by atoms with van der Waals surface area (Å²) in [6.45, 7) is -0.437. The second kappa shape index (κ2) is 14.9. The van der Waals surface area contributed by atoms with E-state index in [0.29, 0.717) is 41.0 Å². The molecule has 42 heavy (non-hydrogen) atoms. The fourth-order valence-corrected chi connectivity index (χ4v) is 3.80. The second-order valence-electron chi connectivity index (χ2n) is 9.18. The Morgan fingerprint density at radius 3 is 2.12 bits per heavy atom. The van der Waals surface area contributed by atoms with Gasteiger partial charge in [0, 0.05) is 24.1 Å². The summed E-state index contributed by atoms with van der Waals surface area (Å²) in [6.07, 6.45) is 1.50. The van der Waals surface area contributed by atoms with Crippen molar-refractivity contribution in [1.29, 1.82) is 0 Å². The van der Waals surface area contributed by atoms with Crippen LogP contribution in [0.1, 0.15) is 40.9 Å². The summed E-state index contributed by atoms with van der Waals surface area (Å²) in [7, 11) is 0. The van der Waals surface area contributed by atoms with E-state index in [1.54, 1.807) is 54.7 Å². The topological polar surface area (TPSA) is 213 Å². The molecule has 1 aromatic heterocycles. The number of alkyl halides is 1. The number of urea groups is 1. The van der Waals surface area contributed by atoms with Crippen molar-refractivity contribution in [3.8, 4) is 5.69 Å². The van der Waals surface area contributed by atoms with Crippen molar-refractivity contribution < 1.29 is 43.7 Å². The smallest absolute Gasteiger partial charge is 0.326 e. The zero-order valence-corrected chi connectivity index (χ0v) is 22.2. The van der Waals surface area contributed by atoms with Crippen LogP contribution in [0.25, 0.3) is 5.69 Å². The lowest BCUT2D eigenvalue weighted by Gasteiger charge is -2.18. The summed E-state index contributed by atoms with van der Waals surface area (Å²) in [5.41, 5.74) is 2.63. The van der Waals surface area contributed by atoms with Gasteiger partial charge in [0.2, 0.25) is 0 Å². The molecule has 222 valence electrons. The lowest BCUT2D eigenvalue weighted by molar-refractivity contribution is -0.140. The highest BCUT2D eigenvalue weighted by atomic mass is 19.1. The number of carbonyl (C=O) groups is 5. The summed E-state index contributed by atoms with van der Waals surface area (Å²) in [5.74, 6) is -4.46. The van der Waals surface area contributed by atoms with Crippen LogP contribution in [-0.4, -0.2) is 78.9 Å². The number of halogens is 1. The van der Waals surface area contributed by atoms with Crippen molar-refractivity contribution in [2.75, 3.05) is 12.0 Å². The van der Waals surface area contributed by atoms with E-state index >= 15 is 0 Å². The SMILES string of the molecule is O=C(O)CCC(NC(=O)N[C@@H](Cc1ccc(NC(=O)c2ccc(-n3cc(CCCF)nn3)cc2)cc1)C(=O)O)C(=O)O. The Morgan fingerprint density at radius 1 is 0.881 bits per heavy atom. The molecule has 3 aromatic rings. The molecule has 3 amide bonds. The summed E-state index contributed by atoms with van der Waals surface area (Å²) in [5, 5.41) is 42.4. The van der Waals surface area contributed by atoms with Crippen LogP contribution in [0.5, 0.6) is 0 Å². The van der Waals surface area contributed by atoms with Crippen molar-refractivity contribution in [3.05, 3.63) is 71.5 Å². The number of aromatic nitrogens is 3. The van der Waals surface area contributed by atoms with Crippen LogP contribution in [0.2, 0.25) is 0 Å². The number of anilines is 1. The highest BCUT2D eigenvalue weighted by molar-refractivity contribution is 6.04. The highest BCUT2D eigenvalue weighted by Gasteiger charge is 2.25. The van der Waals surface area contributed by atoms with Gasteiger partial charge >= 0.3 is 23.9 Å². The van der Waals surface area contributed by atoms with E-state index in [9.17, 15) is 33.5 Å². The molecule has 15 heteroatoms. The Bertz CT molecular complexity index is 1410. The molecule has 1 unspecified atom stereocenters. The number of hydrogen-bond donors (Lipinski definition) is 6. The van der Waals surface area contributed by atoms with E-state index in [2.05, 4.69) is 26.3 Å². The largest absolute Gasteiger partial charge is 0.481 e. The Kier molecular flexibility index (Phi) is 11.0. The number of carboxylic acid groups (broad SMARTS) is 3. The molecule has 6 N–H and O–H groups in total. The van der Waals surface area contributed by atoms with Gasteiger partial charge in [-0.3, -0.25) is 14.0 Å². The molecule has 0 fully saturated rings. The average Bonchev–Trinajstić information content (AvgIpc) is 3.43. The third kappa shape index (κ3) is 9.39. The maximum absolute atomic E-state index is 12.7. The number of hydrogen-bond acceptors (Lipinski definition) is 7. The van der Waals surface area contributed by atoms with Crippen LogP contribution in [0.3, 0.4) is 0 Å². The van der Waals surface area contributed by atoms with Crippen molar-refractivity contribution in [2.45, 2.75) is 44.2 Å². The highest BCUT2D eigenvalue weighted by Crippen LogP contribution is 2.15.